The number of nitrogens with zero attached hydrogens (tertiary/aromatic N) is 2. The molecule has 0 radical (unpaired) electrons. The number of hydrogen-bond acceptors (Lipinski definition) is 4. The quantitative estimate of drug-likeness (QED) is 0.384. The van der Waals surface area contributed by atoms with Crippen molar-refractivity contribution in [3.8, 4) is 0 Å². The molecule has 1 fully saturated rings. The van der Waals surface area contributed by atoms with Crippen LogP contribution in [0.15, 0.2) is 18.2 Å². The fraction of sp³-hybridized carbons (Fsp3) is 0.526. The van der Waals surface area contributed by atoms with Gasteiger partial charge < -0.3 is 10.3 Å². The van der Waals surface area contributed by atoms with Crippen LogP contribution in [0.4, 0.5) is 0 Å². The molecule has 2 aromatic rings. The van der Waals surface area contributed by atoms with Gasteiger partial charge in [0.1, 0.15) is 5.82 Å². The van der Waals surface area contributed by atoms with Crippen molar-refractivity contribution in [2.24, 2.45) is 5.92 Å². The number of carbonyl (C=O) groups is 2. The summed E-state index contributed by atoms with van der Waals surface area (Å²) < 4.78 is 0. The van der Waals surface area contributed by atoms with Gasteiger partial charge in [-0.3, -0.25) is 14.8 Å². The molecule has 7 nitrogen and oxygen atoms in total. The summed E-state index contributed by atoms with van der Waals surface area (Å²) >= 11 is 0. The highest BCUT2D eigenvalue weighted by molar-refractivity contribution is 5.78. The first-order chi connectivity index (χ1) is 12.5. The number of amides is 2. The van der Waals surface area contributed by atoms with Gasteiger partial charge in [0.2, 0.25) is 12.3 Å². The van der Waals surface area contributed by atoms with Crippen molar-refractivity contribution >= 4 is 23.4 Å². The molecule has 1 saturated carbocycles. The zero-order valence-corrected chi connectivity index (χ0v) is 15.1. The lowest BCUT2D eigenvalue weighted by molar-refractivity contribution is -0.163. The van der Waals surface area contributed by atoms with Crippen molar-refractivity contribution in [2.75, 3.05) is 0 Å². The van der Waals surface area contributed by atoms with Crippen LogP contribution < -0.4 is 5.32 Å². The average molecular weight is 358 g/mol. The first-order valence-electron chi connectivity index (χ1n) is 9.19. The van der Waals surface area contributed by atoms with Crippen LogP contribution in [-0.2, 0) is 16.1 Å². The molecule has 1 aromatic heterocycles. The minimum Gasteiger partial charge on any atom is -0.349 e. The maximum atomic E-state index is 12.3. The molecule has 0 aliphatic heterocycles. The number of aromatic amines is 1. The lowest BCUT2D eigenvalue weighted by atomic mass is 9.96. The van der Waals surface area contributed by atoms with Crippen LogP contribution in [0, 0.1) is 12.8 Å². The summed E-state index contributed by atoms with van der Waals surface area (Å²) in [7, 11) is 0. The highest BCUT2D eigenvalue weighted by Crippen LogP contribution is 2.30. The largest absolute Gasteiger partial charge is 0.349 e. The standard InChI is InChI=1S/C19H26N4O3/c1-13-6-7-16-17(8-13)22-18(21-16)11-20-19(25)10-15(23(26)12-24)9-14-4-2-3-5-14/h6-8,12,14-15,26H,2-5,9-11H2,1H3,(H,20,25)(H,21,22). The molecule has 1 unspecified atom stereocenters. The number of carbonyl (C=O) groups excluding carboxylic acids is 2. The molecule has 1 aromatic carbocycles. The number of H-pyrrole nitrogens is 1. The molecule has 1 aliphatic rings. The van der Waals surface area contributed by atoms with Crippen molar-refractivity contribution in [2.45, 2.75) is 58.0 Å². The van der Waals surface area contributed by atoms with E-state index in [2.05, 4.69) is 15.3 Å². The number of hydroxylamine groups is 2. The van der Waals surface area contributed by atoms with E-state index < -0.39 is 6.04 Å². The molecular formula is C19H26N4O3. The van der Waals surface area contributed by atoms with Gasteiger partial charge in [-0.25, -0.2) is 10.0 Å². The Morgan fingerprint density at radius 1 is 1.46 bits per heavy atom. The van der Waals surface area contributed by atoms with Gasteiger partial charge in [0, 0.05) is 6.42 Å². The number of aryl methyl sites for hydroxylation is 1. The number of benzene rings is 1. The number of fused-ring (bicyclic) bond motifs is 1. The van der Waals surface area contributed by atoms with E-state index in [1.807, 2.05) is 25.1 Å². The smallest absolute Gasteiger partial charge is 0.233 e. The van der Waals surface area contributed by atoms with E-state index in [9.17, 15) is 14.8 Å². The summed E-state index contributed by atoms with van der Waals surface area (Å²) in [4.78, 5) is 30.9. The van der Waals surface area contributed by atoms with Crippen molar-refractivity contribution in [3.05, 3.63) is 29.6 Å². The van der Waals surface area contributed by atoms with Gasteiger partial charge in [-0.05, 0) is 37.0 Å². The third-order valence-electron chi connectivity index (χ3n) is 5.12. The van der Waals surface area contributed by atoms with Crippen LogP contribution in [0.1, 0.15) is 49.9 Å². The van der Waals surface area contributed by atoms with Gasteiger partial charge in [-0.15, -0.1) is 0 Å². The molecule has 1 aliphatic carbocycles. The van der Waals surface area contributed by atoms with Gasteiger partial charge in [0.05, 0.1) is 23.6 Å². The molecular weight excluding hydrogens is 332 g/mol. The molecule has 3 N–H and O–H groups in total. The summed E-state index contributed by atoms with van der Waals surface area (Å²) in [5.74, 6) is 0.953. The minimum absolute atomic E-state index is 0.0884. The Kier molecular flexibility index (Phi) is 5.88. The zero-order chi connectivity index (χ0) is 18.5. The predicted octanol–water partition coefficient (Wildman–Crippen LogP) is 2.67. The van der Waals surface area contributed by atoms with Gasteiger partial charge in [0.25, 0.3) is 0 Å². The van der Waals surface area contributed by atoms with E-state index in [-0.39, 0.29) is 18.9 Å². The Balaban J connectivity index is 1.55. The predicted molar refractivity (Wildman–Crippen MR) is 97.3 cm³/mol. The van der Waals surface area contributed by atoms with E-state index in [0.29, 0.717) is 29.6 Å². The summed E-state index contributed by atoms with van der Waals surface area (Å²) in [5.41, 5.74) is 2.95. The van der Waals surface area contributed by atoms with Crippen molar-refractivity contribution in [1.82, 2.24) is 20.3 Å². The minimum atomic E-state index is -0.478. The van der Waals surface area contributed by atoms with Crippen LogP contribution in [0.5, 0.6) is 0 Å². The molecule has 140 valence electrons. The molecule has 1 heterocycles. The monoisotopic (exact) mass is 358 g/mol. The molecule has 2 amide bonds. The van der Waals surface area contributed by atoms with Gasteiger partial charge in [0.15, 0.2) is 0 Å². The number of nitrogens with one attached hydrogen (secondary N) is 2. The van der Waals surface area contributed by atoms with Crippen LogP contribution >= 0.6 is 0 Å². The molecule has 0 saturated heterocycles. The Labute approximate surface area is 152 Å². The lowest BCUT2D eigenvalue weighted by Gasteiger charge is -2.24. The first kappa shape index (κ1) is 18.4. The number of aromatic nitrogens is 2. The van der Waals surface area contributed by atoms with Crippen molar-refractivity contribution < 1.29 is 14.8 Å². The number of hydrogen-bond donors (Lipinski definition) is 3. The Bertz CT molecular complexity index is 767. The van der Waals surface area contributed by atoms with Crippen molar-refractivity contribution in [3.63, 3.8) is 0 Å². The summed E-state index contributed by atoms with van der Waals surface area (Å²) in [6.45, 7) is 2.30. The maximum absolute atomic E-state index is 12.3. The molecule has 1 atom stereocenters. The summed E-state index contributed by atoms with van der Waals surface area (Å²) in [6, 6.07) is 5.47. The first-order valence-corrected chi connectivity index (χ1v) is 9.19. The number of imidazole rings is 1. The topological polar surface area (TPSA) is 98.3 Å². The molecule has 26 heavy (non-hydrogen) atoms. The van der Waals surface area contributed by atoms with Crippen LogP contribution in [0.25, 0.3) is 11.0 Å². The summed E-state index contributed by atoms with van der Waals surface area (Å²) in [6.07, 6.45) is 5.70. The summed E-state index contributed by atoms with van der Waals surface area (Å²) in [5, 5.41) is 13.3. The van der Waals surface area contributed by atoms with Gasteiger partial charge >= 0.3 is 0 Å². The normalized spacial score (nSPS) is 15.9. The van der Waals surface area contributed by atoms with E-state index in [0.717, 1.165) is 29.4 Å². The molecule has 7 heteroatoms. The highest BCUT2D eigenvalue weighted by atomic mass is 16.5. The van der Waals surface area contributed by atoms with E-state index in [1.165, 1.54) is 12.8 Å². The second kappa shape index (κ2) is 8.31. The SMILES string of the molecule is Cc1ccc2nc(CNC(=O)CC(CC3CCCC3)N(O)C=O)[nH]c2c1. The van der Waals surface area contributed by atoms with E-state index in [1.54, 1.807) is 0 Å². The van der Waals surface area contributed by atoms with E-state index in [4.69, 9.17) is 0 Å². The number of rotatable bonds is 8. The molecule has 0 bridgehead atoms. The molecule has 3 rings (SSSR count). The van der Waals surface area contributed by atoms with Crippen LogP contribution in [0.3, 0.4) is 0 Å². The Morgan fingerprint density at radius 3 is 2.96 bits per heavy atom. The highest BCUT2D eigenvalue weighted by Gasteiger charge is 2.25. The fourth-order valence-electron chi connectivity index (χ4n) is 3.73. The molecule has 0 spiro atoms. The Hall–Kier alpha value is -2.41. The van der Waals surface area contributed by atoms with Crippen LogP contribution in [0.2, 0.25) is 0 Å². The van der Waals surface area contributed by atoms with Crippen molar-refractivity contribution in [1.29, 1.82) is 0 Å². The van der Waals surface area contributed by atoms with Gasteiger partial charge in [-0.1, -0.05) is 31.7 Å². The fourth-order valence-corrected chi connectivity index (χ4v) is 3.73. The van der Waals surface area contributed by atoms with Gasteiger partial charge in [-0.2, -0.15) is 0 Å². The van der Waals surface area contributed by atoms with Crippen LogP contribution in [-0.4, -0.2) is 38.6 Å². The zero-order valence-electron chi connectivity index (χ0n) is 15.1. The lowest BCUT2D eigenvalue weighted by Crippen LogP contribution is -2.38. The maximum Gasteiger partial charge on any atom is 0.233 e. The second-order valence-electron chi connectivity index (χ2n) is 7.21. The second-order valence-corrected chi connectivity index (χ2v) is 7.21. The third kappa shape index (κ3) is 4.60. The Morgan fingerprint density at radius 2 is 2.23 bits per heavy atom. The third-order valence-corrected chi connectivity index (χ3v) is 5.12. The van der Waals surface area contributed by atoms with E-state index >= 15 is 0 Å². The average Bonchev–Trinajstić information content (AvgIpc) is 3.27.